The van der Waals surface area contributed by atoms with Crippen LogP contribution < -0.4 is 0 Å². The Bertz CT molecular complexity index is 507. The smallest absolute Gasteiger partial charge is 0.460 e. The zero-order chi connectivity index (χ0) is 20.9. The van der Waals surface area contributed by atoms with E-state index in [1.165, 1.54) is 0 Å². The van der Waals surface area contributed by atoms with Crippen LogP contribution in [0.3, 0.4) is 0 Å². The summed E-state index contributed by atoms with van der Waals surface area (Å²) in [6.45, 7) is 0.420. The third kappa shape index (κ3) is 3.09. The lowest BCUT2D eigenvalue weighted by Crippen LogP contribution is -2.71. The summed E-state index contributed by atoms with van der Waals surface area (Å²) in [7, 11) is 0. The molecule has 0 fully saturated rings. The number of halogens is 13. The zero-order valence-electron chi connectivity index (χ0n) is 11.6. The number of alkyl halides is 13. The average Bonchev–Trinajstić information content (AvgIpc) is 2.36. The van der Waals surface area contributed by atoms with Gasteiger partial charge in [-0.05, 0) is 6.42 Å². The molecule has 0 aliphatic rings. The van der Waals surface area contributed by atoms with Crippen LogP contribution >= 0.6 is 0 Å². The van der Waals surface area contributed by atoms with Crippen LogP contribution in [0.2, 0.25) is 0 Å². The summed E-state index contributed by atoms with van der Waals surface area (Å²) in [4.78, 5) is 10.4. The molecule has 0 saturated carbocycles. The van der Waals surface area contributed by atoms with Crippen molar-refractivity contribution in [1.29, 1.82) is 0 Å². The van der Waals surface area contributed by atoms with Crippen molar-refractivity contribution < 1.29 is 67.0 Å². The van der Waals surface area contributed by atoms with Crippen molar-refractivity contribution in [3.8, 4) is 0 Å². The first-order chi connectivity index (χ1) is 10.6. The van der Waals surface area contributed by atoms with E-state index < -0.39 is 54.1 Å². The molecule has 2 nitrogen and oxygen atoms in total. The summed E-state index contributed by atoms with van der Waals surface area (Å²) >= 11 is 0. The highest BCUT2D eigenvalue weighted by molar-refractivity contribution is 5.71. The molecule has 0 saturated heterocycles. The fourth-order valence-corrected chi connectivity index (χ4v) is 1.59. The van der Waals surface area contributed by atoms with Crippen molar-refractivity contribution in [3.63, 3.8) is 0 Å². The third-order valence-electron chi connectivity index (χ3n) is 3.10. The Morgan fingerprint density at radius 2 is 1.04 bits per heavy atom. The molecule has 0 aromatic rings. The molecule has 0 spiro atoms. The number of aliphatic carboxylic acids is 1. The largest absolute Gasteiger partial charge is 0.481 e. The molecule has 0 heterocycles. The van der Waals surface area contributed by atoms with Crippen molar-refractivity contribution in [3.05, 3.63) is 0 Å². The van der Waals surface area contributed by atoms with E-state index in [0.29, 0.717) is 6.92 Å². The van der Waals surface area contributed by atoms with Gasteiger partial charge in [0.15, 0.2) is 0 Å². The van der Waals surface area contributed by atoms with Gasteiger partial charge in [0, 0.05) is 0 Å². The lowest BCUT2D eigenvalue weighted by atomic mass is 9.86. The third-order valence-corrected chi connectivity index (χ3v) is 3.10. The highest BCUT2D eigenvalue weighted by Gasteiger charge is 2.91. The van der Waals surface area contributed by atoms with E-state index in [9.17, 15) is 61.9 Å². The van der Waals surface area contributed by atoms with Gasteiger partial charge in [0.2, 0.25) is 0 Å². The van der Waals surface area contributed by atoms with Crippen LogP contribution in [-0.2, 0) is 4.79 Å². The first-order valence-electron chi connectivity index (χ1n) is 5.83. The predicted octanol–water partition coefficient (Wildman–Crippen LogP) is 4.84. The Morgan fingerprint density at radius 1 is 0.720 bits per heavy atom. The number of carboxylic acid groups (broad SMARTS) is 1. The van der Waals surface area contributed by atoms with Gasteiger partial charge in [-0.15, -0.1) is 0 Å². The molecule has 0 aliphatic heterocycles. The summed E-state index contributed by atoms with van der Waals surface area (Å²) in [5.41, 5.74) is 0. The Balaban J connectivity index is 6.43. The summed E-state index contributed by atoms with van der Waals surface area (Å²) in [5, 5.41) is 8.26. The van der Waals surface area contributed by atoms with E-state index in [0.717, 1.165) is 0 Å². The Labute approximate surface area is 129 Å². The van der Waals surface area contributed by atoms with Gasteiger partial charge in [-0.25, -0.2) is 0 Å². The molecule has 1 atom stereocenters. The van der Waals surface area contributed by atoms with E-state index in [4.69, 9.17) is 5.11 Å². The van der Waals surface area contributed by atoms with Crippen LogP contribution in [0.5, 0.6) is 0 Å². The fraction of sp³-hybridized carbons (Fsp3) is 0.900. The van der Waals surface area contributed by atoms with E-state index in [1.807, 2.05) is 0 Å². The number of hydrogen-bond donors (Lipinski definition) is 1. The molecule has 25 heavy (non-hydrogen) atoms. The standard InChI is InChI=1S/C10H7F13O2/c1-2-3(4(24)25)5(11,12)6(13,14)7(15,16)8(17,18)9(19,20)10(21,22)23/h3H,2H2,1H3,(H,24,25)/t3-/m0/s1. The molecule has 0 aliphatic carbocycles. The lowest BCUT2D eigenvalue weighted by Gasteiger charge is -2.40. The van der Waals surface area contributed by atoms with Crippen LogP contribution in [0.1, 0.15) is 13.3 Å². The summed E-state index contributed by atoms with van der Waals surface area (Å²) in [5.74, 6) is -44.7. The minimum absolute atomic E-state index is 0.420. The molecule has 0 amide bonds. The zero-order valence-corrected chi connectivity index (χ0v) is 11.6. The highest BCUT2D eigenvalue weighted by Crippen LogP contribution is 2.61. The van der Waals surface area contributed by atoms with Crippen molar-refractivity contribution in [2.75, 3.05) is 0 Å². The number of carboxylic acids is 1. The van der Waals surface area contributed by atoms with Gasteiger partial charge in [0.05, 0.1) is 0 Å². The lowest BCUT2D eigenvalue weighted by molar-refractivity contribution is -0.442. The molecule has 15 heteroatoms. The van der Waals surface area contributed by atoms with E-state index in [-0.39, 0.29) is 0 Å². The van der Waals surface area contributed by atoms with Crippen LogP contribution in [0, 0.1) is 5.92 Å². The van der Waals surface area contributed by atoms with E-state index in [1.54, 1.807) is 0 Å². The van der Waals surface area contributed by atoms with Gasteiger partial charge in [-0.2, -0.15) is 57.1 Å². The molecule has 0 aromatic carbocycles. The monoisotopic (exact) mass is 406 g/mol. The molecule has 0 unspecified atom stereocenters. The molecule has 0 bridgehead atoms. The predicted molar refractivity (Wildman–Crippen MR) is 52.2 cm³/mol. The second-order valence-corrected chi connectivity index (χ2v) is 4.72. The second kappa shape index (κ2) is 6.07. The molecule has 1 N–H and O–H groups in total. The SMILES string of the molecule is CC[C@@H](C(=O)O)C(F)(F)C(F)(F)C(F)(F)C(F)(F)C(F)(F)C(F)(F)F. The Morgan fingerprint density at radius 3 is 1.28 bits per heavy atom. The minimum atomic E-state index is -8.03. The maximum atomic E-state index is 13.4. The maximum Gasteiger partial charge on any atom is 0.460 e. The highest BCUT2D eigenvalue weighted by atomic mass is 19.4. The first-order valence-corrected chi connectivity index (χ1v) is 5.83. The first kappa shape index (κ1) is 23.6. The van der Waals surface area contributed by atoms with Crippen LogP contribution in [-0.4, -0.2) is 46.9 Å². The van der Waals surface area contributed by atoms with Crippen molar-refractivity contribution >= 4 is 5.97 Å². The minimum Gasteiger partial charge on any atom is -0.481 e. The molecule has 150 valence electrons. The van der Waals surface area contributed by atoms with Crippen molar-refractivity contribution in [2.45, 2.75) is 49.1 Å². The summed E-state index contributed by atoms with van der Waals surface area (Å²) in [6, 6.07) is 0. The fourth-order valence-electron chi connectivity index (χ4n) is 1.59. The van der Waals surface area contributed by atoms with Crippen LogP contribution in [0.4, 0.5) is 57.1 Å². The van der Waals surface area contributed by atoms with Gasteiger partial charge < -0.3 is 5.11 Å². The average molecular weight is 406 g/mol. The number of carbonyl (C=O) groups is 1. The van der Waals surface area contributed by atoms with Crippen LogP contribution in [0.15, 0.2) is 0 Å². The molecule has 0 rings (SSSR count). The van der Waals surface area contributed by atoms with Gasteiger partial charge in [0.25, 0.3) is 0 Å². The quantitative estimate of drug-likeness (QED) is 0.615. The normalized spacial score (nSPS) is 16.7. The van der Waals surface area contributed by atoms with Crippen LogP contribution in [0.25, 0.3) is 0 Å². The second-order valence-electron chi connectivity index (χ2n) is 4.72. The number of hydrogen-bond acceptors (Lipinski definition) is 1. The van der Waals surface area contributed by atoms with Gasteiger partial charge in [-0.1, -0.05) is 6.92 Å². The van der Waals surface area contributed by atoms with Crippen molar-refractivity contribution in [2.24, 2.45) is 5.92 Å². The topological polar surface area (TPSA) is 37.3 Å². The van der Waals surface area contributed by atoms with E-state index in [2.05, 4.69) is 0 Å². The molecule has 0 radical (unpaired) electrons. The molecule has 0 aromatic heterocycles. The van der Waals surface area contributed by atoms with Crippen molar-refractivity contribution in [1.82, 2.24) is 0 Å². The molecular formula is C10H7F13O2. The number of rotatable bonds is 7. The van der Waals surface area contributed by atoms with Gasteiger partial charge in [0.1, 0.15) is 5.92 Å². The van der Waals surface area contributed by atoms with Gasteiger partial charge in [-0.3, -0.25) is 4.79 Å². The summed E-state index contributed by atoms with van der Waals surface area (Å²) < 4.78 is 166. The Kier molecular flexibility index (Phi) is 5.72. The molecular weight excluding hydrogens is 399 g/mol. The van der Waals surface area contributed by atoms with Gasteiger partial charge >= 0.3 is 41.8 Å². The summed E-state index contributed by atoms with van der Waals surface area (Å²) in [6.07, 6.45) is -9.06. The Hall–Kier alpha value is -1.44. The van der Waals surface area contributed by atoms with E-state index >= 15 is 0 Å². The maximum absolute atomic E-state index is 13.4.